The highest BCUT2D eigenvalue weighted by Crippen LogP contribution is 2.17. The third-order valence-corrected chi connectivity index (χ3v) is 4.24. The lowest BCUT2D eigenvalue weighted by molar-refractivity contribution is 0.119. The summed E-state index contributed by atoms with van der Waals surface area (Å²) in [6.45, 7) is 6.81. The lowest BCUT2D eigenvalue weighted by Crippen LogP contribution is -2.28. The summed E-state index contributed by atoms with van der Waals surface area (Å²) in [6.07, 6.45) is 3.67. The monoisotopic (exact) mass is 329 g/mol. The van der Waals surface area contributed by atoms with Crippen molar-refractivity contribution in [3.8, 4) is 0 Å². The summed E-state index contributed by atoms with van der Waals surface area (Å²) >= 11 is 5.88. The van der Waals surface area contributed by atoms with Crippen LogP contribution in [0.3, 0.4) is 0 Å². The third-order valence-electron chi connectivity index (χ3n) is 3.99. The zero-order valence-corrected chi connectivity index (χ0v) is 14.5. The van der Waals surface area contributed by atoms with Crippen molar-refractivity contribution in [2.24, 2.45) is 0 Å². The summed E-state index contributed by atoms with van der Waals surface area (Å²) < 4.78 is 0. The number of aliphatic hydroxyl groups excluding tert-OH is 1. The van der Waals surface area contributed by atoms with Crippen LogP contribution in [0, 0.1) is 0 Å². The van der Waals surface area contributed by atoms with Gasteiger partial charge in [0, 0.05) is 11.6 Å². The number of rotatable bonds is 7. The van der Waals surface area contributed by atoms with E-state index in [-0.39, 0.29) is 0 Å². The van der Waals surface area contributed by atoms with E-state index in [9.17, 15) is 5.11 Å². The van der Waals surface area contributed by atoms with Gasteiger partial charge in [0.25, 0.3) is 0 Å². The fourth-order valence-corrected chi connectivity index (χ4v) is 2.55. The molecule has 122 valence electrons. The van der Waals surface area contributed by atoms with Crippen LogP contribution in [0.25, 0.3) is 12.2 Å². The zero-order valence-electron chi connectivity index (χ0n) is 13.7. The highest BCUT2D eigenvalue weighted by molar-refractivity contribution is 6.30. The van der Waals surface area contributed by atoms with E-state index in [4.69, 9.17) is 11.6 Å². The van der Waals surface area contributed by atoms with E-state index in [0.717, 1.165) is 34.8 Å². The second-order valence-corrected chi connectivity index (χ2v) is 5.99. The maximum absolute atomic E-state index is 10.3. The fraction of sp³-hybridized carbons (Fsp3) is 0.300. The van der Waals surface area contributed by atoms with E-state index < -0.39 is 6.10 Å². The molecule has 1 atom stereocenters. The first-order valence-corrected chi connectivity index (χ1v) is 8.44. The summed E-state index contributed by atoms with van der Waals surface area (Å²) in [7, 11) is 0. The Bertz CT molecular complexity index is 615. The van der Waals surface area contributed by atoms with Gasteiger partial charge in [-0.1, -0.05) is 74.0 Å². The van der Waals surface area contributed by atoms with E-state index in [0.29, 0.717) is 6.54 Å². The SMILES string of the molecule is CCN(CC)CC(O)c1ccc(/C=C/c2ccc(Cl)cc2)cc1. The molecule has 0 saturated carbocycles. The highest BCUT2D eigenvalue weighted by Gasteiger charge is 2.10. The average molecular weight is 330 g/mol. The van der Waals surface area contributed by atoms with Gasteiger partial charge >= 0.3 is 0 Å². The summed E-state index contributed by atoms with van der Waals surface area (Å²) in [5, 5.41) is 11.0. The van der Waals surface area contributed by atoms with Crippen LogP contribution < -0.4 is 0 Å². The van der Waals surface area contributed by atoms with Crippen LogP contribution in [0.1, 0.15) is 36.6 Å². The quantitative estimate of drug-likeness (QED) is 0.731. The molecule has 0 radical (unpaired) electrons. The summed E-state index contributed by atoms with van der Waals surface area (Å²) in [5.41, 5.74) is 3.18. The summed E-state index contributed by atoms with van der Waals surface area (Å²) in [6, 6.07) is 15.8. The third kappa shape index (κ3) is 5.51. The molecule has 0 heterocycles. The topological polar surface area (TPSA) is 23.5 Å². The van der Waals surface area contributed by atoms with Gasteiger partial charge in [-0.3, -0.25) is 0 Å². The molecular weight excluding hydrogens is 306 g/mol. The molecule has 0 aliphatic rings. The average Bonchev–Trinajstić information content (AvgIpc) is 2.59. The van der Waals surface area contributed by atoms with Crippen molar-refractivity contribution in [3.05, 3.63) is 70.2 Å². The number of nitrogens with zero attached hydrogens (tertiary/aromatic N) is 1. The van der Waals surface area contributed by atoms with Gasteiger partial charge < -0.3 is 10.0 Å². The van der Waals surface area contributed by atoms with Crippen LogP contribution in [0.15, 0.2) is 48.5 Å². The molecule has 2 rings (SSSR count). The van der Waals surface area contributed by atoms with Crippen molar-refractivity contribution < 1.29 is 5.11 Å². The minimum Gasteiger partial charge on any atom is -0.387 e. The van der Waals surface area contributed by atoms with Crippen molar-refractivity contribution in [2.75, 3.05) is 19.6 Å². The standard InChI is InChI=1S/C20H24ClNO/c1-3-22(4-2)15-20(23)18-11-7-16(8-12-18)5-6-17-9-13-19(21)14-10-17/h5-14,20,23H,3-4,15H2,1-2H3/b6-5+. The molecule has 23 heavy (non-hydrogen) atoms. The van der Waals surface area contributed by atoms with Gasteiger partial charge in [0.05, 0.1) is 6.10 Å². The Morgan fingerprint density at radius 2 is 1.39 bits per heavy atom. The van der Waals surface area contributed by atoms with E-state index in [2.05, 4.69) is 30.9 Å². The van der Waals surface area contributed by atoms with E-state index in [1.807, 2.05) is 48.5 Å². The van der Waals surface area contributed by atoms with Crippen molar-refractivity contribution in [1.82, 2.24) is 4.90 Å². The zero-order chi connectivity index (χ0) is 16.7. The normalized spacial score (nSPS) is 12.9. The van der Waals surface area contributed by atoms with Gasteiger partial charge in [-0.25, -0.2) is 0 Å². The van der Waals surface area contributed by atoms with Gasteiger partial charge in [-0.05, 0) is 41.9 Å². The molecule has 0 amide bonds. The Morgan fingerprint density at radius 1 is 0.913 bits per heavy atom. The molecule has 2 nitrogen and oxygen atoms in total. The molecule has 1 unspecified atom stereocenters. The van der Waals surface area contributed by atoms with Gasteiger partial charge in [0.1, 0.15) is 0 Å². The first kappa shape index (κ1) is 17.7. The van der Waals surface area contributed by atoms with Crippen molar-refractivity contribution in [1.29, 1.82) is 0 Å². The number of aliphatic hydroxyl groups is 1. The van der Waals surface area contributed by atoms with Crippen LogP contribution >= 0.6 is 11.6 Å². The van der Waals surface area contributed by atoms with Gasteiger partial charge in [0.2, 0.25) is 0 Å². The van der Waals surface area contributed by atoms with Crippen LogP contribution in [-0.4, -0.2) is 29.6 Å². The van der Waals surface area contributed by atoms with Gasteiger partial charge in [0.15, 0.2) is 0 Å². The Balaban J connectivity index is 2.00. The first-order valence-electron chi connectivity index (χ1n) is 8.06. The molecule has 0 aliphatic carbocycles. The molecule has 0 spiro atoms. The summed E-state index contributed by atoms with van der Waals surface area (Å²) in [5.74, 6) is 0. The first-order chi connectivity index (χ1) is 11.1. The highest BCUT2D eigenvalue weighted by atomic mass is 35.5. The Kier molecular flexibility index (Phi) is 6.85. The second-order valence-electron chi connectivity index (χ2n) is 5.55. The van der Waals surface area contributed by atoms with Crippen molar-refractivity contribution >= 4 is 23.8 Å². The lowest BCUT2D eigenvalue weighted by atomic mass is 10.1. The predicted octanol–water partition coefficient (Wildman–Crippen LogP) is 4.89. The largest absolute Gasteiger partial charge is 0.387 e. The van der Waals surface area contributed by atoms with Crippen LogP contribution in [0.5, 0.6) is 0 Å². The maximum Gasteiger partial charge on any atom is 0.0916 e. The smallest absolute Gasteiger partial charge is 0.0916 e. The predicted molar refractivity (Wildman–Crippen MR) is 99.6 cm³/mol. The fourth-order valence-electron chi connectivity index (χ4n) is 2.43. The molecule has 2 aromatic rings. The Labute approximate surface area is 144 Å². The number of likely N-dealkylation sites (N-methyl/N-ethyl adjacent to an activating group) is 1. The summed E-state index contributed by atoms with van der Waals surface area (Å²) in [4.78, 5) is 2.22. The van der Waals surface area contributed by atoms with Crippen LogP contribution in [0.2, 0.25) is 5.02 Å². The Hall–Kier alpha value is -1.61. The number of halogens is 1. The molecule has 0 fully saturated rings. The van der Waals surface area contributed by atoms with Gasteiger partial charge in [-0.2, -0.15) is 0 Å². The van der Waals surface area contributed by atoms with Gasteiger partial charge in [-0.15, -0.1) is 0 Å². The van der Waals surface area contributed by atoms with E-state index in [1.165, 1.54) is 0 Å². The van der Waals surface area contributed by atoms with Crippen molar-refractivity contribution in [2.45, 2.75) is 20.0 Å². The van der Waals surface area contributed by atoms with Crippen LogP contribution in [0.4, 0.5) is 0 Å². The number of hydrogen-bond donors (Lipinski definition) is 1. The molecule has 0 aromatic heterocycles. The van der Waals surface area contributed by atoms with E-state index >= 15 is 0 Å². The lowest BCUT2D eigenvalue weighted by Gasteiger charge is -2.22. The molecule has 2 aromatic carbocycles. The molecule has 0 saturated heterocycles. The minimum absolute atomic E-state index is 0.441. The molecule has 0 aliphatic heterocycles. The maximum atomic E-state index is 10.3. The number of benzene rings is 2. The van der Waals surface area contributed by atoms with E-state index in [1.54, 1.807) is 0 Å². The molecule has 0 bridgehead atoms. The molecule has 1 N–H and O–H groups in total. The minimum atomic E-state index is -0.441. The molecule has 3 heteroatoms. The Morgan fingerprint density at radius 3 is 1.87 bits per heavy atom. The van der Waals surface area contributed by atoms with Crippen molar-refractivity contribution in [3.63, 3.8) is 0 Å². The molecular formula is C20H24ClNO. The number of hydrogen-bond acceptors (Lipinski definition) is 2. The second kappa shape index (κ2) is 8.88. The van der Waals surface area contributed by atoms with Crippen LogP contribution in [-0.2, 0) is 0 Å².